The fourth-order valence-electron chi connectivity index (χ4n) is 1.11. The van der Waals surface area contributed by atoms with Crippen molar-refractivity contribution in [3.63, 3.8) is 0 Å². The predicted octanol–water partition coefficient (Wildman–Crippen LogP) is 2.47. The van der Waals surface area contributed by atoms with Crippen molar-refractivity contribution in [3.8, 4) is 5.75 Å². The highest BCUT2D eigenvalue weighted by Gasteiger charge is 2.11. The normalized spacial score (nSPS) is 9.80. The van der Waals surface area contributed by atoms with E-state index in [1.54, 1.807) is 18.2 Å². The lowest BCUT2D eigenvalue weighted by Gasteiger charge is -2.08. The summed E-state index contributed by atoms with van der Waals surface area (Å²) in [5, 5.41) is 3.95. The van der Waals surface area contributed by atoms with Crippen molar-refractivity contribution in [2.24, 2.45) is 0 Å². The minimum absolute atomic E-state index is 0.186. The van der Waals surface area contributed by atoms with Crippen LogP contribution in [0.5, 0.6) is 5.75 Å². The van der Waals surface area contributed by atoms with Crippen LogP contribution in [0.2, 0.25) is 5.02 Å². The van der Waals surface area contributed by atoms with E-state index in [1.807, 2.05) is 0 Å². The summed E-state index contributed by atoms with van der Waals surface area (Å²) in [7, 11) is 1.52. The Balaban J connectivity index is 2.90. The molecule has 0 radical (unpaired) electrons. The molecule has 0 atom stereocenters. The van der Waals surface area contributed by atoms with Crippen LogP contribution in [0.3, 0.4) is 0 Å². The number of benzene rings is 1. The van der Waals surface area contributed by atoms with Crippen molar-refractivity contribution in [2.45, 2.75) is 0 Å². The molecule has 1 amide bonds. The molecule has 3 nitrogen and oxygen atoms in total. The predicted molar refractivity (Wildman–Crippen MR) is 64.1 cm³/mol. The molecule has 1 rings (SSSR count). The number of carbonyl (C=O) groups is 1. The summed E-state index contributed by atoms with van der Waals surface area (Å²) in [6.45, 7) is 0.564. The molecule has 0 saturated heterocycles. The number of hydrogen-bond acceptors (Lipinski definition) is 2. The second kappa shape index (κ2) is 5.98. The number of halogens is 2. The van der Waals surface area contributed by atoms with Gasteiger partial charge in [-0.1, -0.05) is 27.5 Å². The highest BCUT2D eigenvalue weighted by atomic mass is 79.9. The molecule has 0 saturated carbocycles. The number of alkyl halides is 1. The third-order valence-corrected chi connectivity index (χ3v) is 2.42. The van der Waals surface area contributed by atoms with E-state index in [1.165, 1.54) is 7.11 Å². The van der Waals surface area contributed by atoms with E-state index in [0.29, 0.717) is 28.2 Å². The highest BCUT2D eigenvalue weighted by molar-refractivity contribution is 9.09. The largest absolute Gasteiger partial charge is 0.496 e. The van der Waals surface area contributed by atoms with Gasteiger partial charge in [0.05, 0.1) is 12.7 Å². The van der Waals surface area contributed by atoms with Crippen LogP contribution in [0.15, 0.2) is 18.2 Å². The first-order valence-corrected chi connectivity index (χ1v) is 5.86. The van der Waals surface area contributed by atoms with Crippen molar-refractivity contribution in [3.05, 3.63) is 28.8 Å². The smallest absolute Gasteiger partial charge is 0.255 e. The molecule has 0 aliphatic rings. The number of methoxy groups -OCH3 is 1. The van der Waals surface area contributed by atoms with Crippen LogP contribution in [0.4, 0.5) is 0 Å². The molecule has 5 heteroatoms. The van der Waals surface area contributed by atoms with Crippen LogP contribution in [-0.4, -0.2) is 24.9 Å². The Morgan fingerprint density at radius 3 is 2.93 bits per heavy atom. The maximum atomic E-state index is 11.7. The van der Waals surface area contributed by atoms with Gasteiger partial charge in [-0.05, 0) is 18.2 Å². The number of carbonyl (C=O) groups excluding carboxylic acids is 1. The Bertz CT molecular complexity index is 357. The number of amides is 1. The quantitative estimate of drug-likeness (QED) is 0.866. The summed E-state index contributed by atoms with van der Waals surface area (Å²) in [4.78, 5) is 11.7. The molecular weight excluding hydrogens is 281 g/mol. The molecule has 15 heavy (non-hydrogen) atoms. The third kappa shape index (κ3) is 3.39. The van der Waals surface area contributed by atoms with Gasteiger partial charge < -0.3 is 10.1 Å². The van der Waals surface area contributed by atoms with E-state index in [9.17, 15) is 4.79 Å². The topological polar surface area (TPSA) is 38.3 Å². The van der Waals surface area contributed by atoms with E-state index in [0.717, 1.165) is 0 Å². The monoisotopic (exact) mass is 291 g/mol. The average Bonchev–Trinajstić information content (AvgIpc) is 2.25. The summed E-state index contributed by atoms with van der Waals surface area (Å²) >= 11 is 9.04. The van der Waals surface area contributed by atoms with Gasteiger partial charge in [0.15, 0.2) is 0 Å². The first kappa shape index (κ1) is 12.3. The number of rotatable bonds is 4. The average molecular weight is 293 g/mol. The highest BCUT2D eigenvalue weighted by Crippen LogP contribution is 2.22. The zero-order valence-corrected chi connectivity index (χ0v) is 10.6. The molecule has 0 aliphatic carbocycles. The zero-order valence-electron chi connectivity index (χ0n) is 8.22. The maximum absolute atomic E-state index is 11.7. The Morgan fingerprint density at radius 2 is 2.33 bits per heavy atom. The van der Waals surface area contributed by atoms with Crippen LogP contribution in [0, 0.1) is 0 Å². The minimum atomic E-state index is -0.186. The Kier molecular flexibility index (Phi) is 4.91. The molecular formula is C10H11BrClNO2. The van der Waals surface area contributed by atoms with Gasteiger partial charge in [-0.2, -0.15) is 0 Å². The molecule has 1 N–H and O–H groups in total. The van der Waals surface area contributed by atoms with Gasteiger partial charge in [-0.25, -0.2) is 0 Å². The molecule has 1 aromatic carbocycles. The lowest BCUT2D eigenvalue weighted by Crippen LogP contribution is -2.25. The fourth-order valence-corrected chi connectivity index (χ4v) is 1.48. The molecule has 0 fully saturated rings. The van der Waals surface area contributed by atoms with Crippen LogP contribution in [0.25, 0.3) is 0 Å². The Labute approximate surface area is 102 Å². The standard InChI is InChI=1S/C10H11BrClNO2/c1-15-9-3-2-7(12)6-8(9)10(14)13-5-4-11/h2-3,6H,4-5H2,1H3,(H,13,14). The lowest BCUT2D eigenvalue weighted by atomic mass is 10.2. The van der Waals surface area contributed by atoms with E-state index in [4.69, 9.17) is 16.3 Å². The second-order valence-electron chi connectivity index (χ2n) is 2.79. The van der Waals surface area contributed by atoms with Crippen molar-refractivity contribution < 1.29 is 9.53 Å². The second-order valence-corrected chi connectivity index (χ2v) is 4.02. The van der Waals surface area contributed by atoms with Crippen LogP contribution in [0.1, 0.15) is 10.4 Å². The summed E-state index contributed by atoms with van der Waals surface area (Å²) in [5.41, 5.74) is 0.450. The molecule has 0 spiro atoms. The van der Waals surface area contributed by atoms with Crippen LogP contribution < -0.4 is 10.1 Å². The first-order chi connectivity index (χ1) is 7.19. The van der Waals surface area contributed by atoms with Crippen molar-refractivity contribution >= 4 is 33.4 Å². The van der Waals surface area contributed by atoms with Gasteiger partial charge in [-0.15, -0.1) is 0 Å². The van der Waals surface area contributed by atoms with Crippen molar-refractivity contribution in [1.29, 1.82) is 0 Å². The van der Waals surface area contributed by atoms with Gasteiger partial charge in [0.1, 0.15) is 5.75 Å². The summed E-state index contributed by atoms with van der Waals surface area (Å²) in [6, 6.07) is 4.94. The van der Waals surface area contributed by atoms with E-state index >= 15 is 0 Å². The SMILES string of the molecule is COc1ccc(Cl)cc1C(=O)NCCBr. The molecule has 0 aromatic heterocycles. The molecule has 1 aromatic rings. The molecule has 0 aliphatic heterocycles. The Hall–Kier alpha value is -0.740. The maximum Gasteiger partial charge on any atom is 0.255 e. The lowest BCUT2D eigenvalue weighted by molar-refractivity contribution is 0.0953. The van der Waals surface area contributed by atoms with Gasteiger partial charge >= 0.3 is 0 Å². The first-order valence-electron chi connectivity index (χ1n) is 4.36. The number of ether oxygens (including phenoxy) is 1. The number of nitrogens with one attached hydrogen (secondary N) is 1. The minimum Gasteiger partial charge on any atom is -0.496 e. The molecule has 0 bridgehead atoms. The summed E-state index contributed by atoms with van der Waals surface area (Å²) in [5.74, 6) is 0.334. The van der Waals surface area contributed by atoms with Gasteiger partial charge in [-0.3, -0.25) is 4.79 Å². The fraction of sp³-hybridized carbons (Fsp3) is 0.300. The Morgan fingerprint density at radius 1 is 1.60 bits per heavy atom. The van der Waals surface area contributed by atoms with Gasteiger partial charge in [0.25, 0.3) is 5.91 Å². The van der Waals surface area contributed by atoms with Crippen molar-refractivity contribution in [2.75, 3.05) is 19.0 Å². The van der Waals surface area contributed by atoms with E-state index in [2.05, 4.69) is 21.2 Å². The van der Waals surface area contributed by atoms with Crippen molar-refractivity contribution in [1.82, 2.24) is 5.32 Å². The van der Waals surface area contributed by atoms with E-state index < -0.39 is 0 Å². The van der Waals surface area contributed by atoms with Crippen LogP contribution >= 0.6 is 27.5 Å². The molecule has 0 heterocycles. The summed E-state index contributed by atoms with van der Waals surface area (Å²) in [6.07, 6.45) is 0. The third-order valence-electron chi connectivity index (χ3n) is 1.79. The molecule has 0 unspecified atom stereocenters. The van der Waals surface area contributed by atoms with E-state index in [-0.39, 0.29) is 5.91 Å². The van der Waals surface area contributed by atoms with Gasteiger partial charge in [0.2, 0.25) is 0 Å². The van der Waals surface area contributed by atoms with Crippen LogP contribution in [-0.2, 0) is 0 Å². The number of hydrogen-bond donors (Lipinski definition) is 1. The summed E-state index contributed by atoms with van der Waals surface area (Å²) < 4.78 is 5.07. The van der Waals surface area contributed by atoms with Gasteiger partial charge in [0, 0.05) is 16.9 Å². The molecule has 82 valence electrons. The zero-order chi connectivity index (χ0) is 11.3.